The van der Waals surface area contributed by atoms with E-state index in [0.717, 1.165) is 22.4 Å². The SMILES string of the molecule is Cn1cc(CCC(=O)NCc2ccc(Cl)cc2)c(-c2ccc(F)cc2)n1. The highest BCUT2D eigenvalue weighted by Crippen LogP contribution is 2.23. The first kappa shape index (κ1) is 18.1. The van der Waals surface area contributed by atoms with Gasteiger partial charge in [-0.25, -0.2) is 4.39 Å². The molecule has 0 unspecified atom stereocenters. The molecule has 0 aliphatic rings. The van der Waals surface area contributed by atoms with Crippen LogP contribution in [0.2, 0.25) is 5.02 Å². The molecule has 1 aromatic heterocycles. The molecule has 0 atom stereocenters. The zero-order chi connectivity index (χ0) is 18.5. The Bertz CT molecular complexity index is 888. The van der Waals surface area contributed by atoms with Crippen molar-refractivity contribution in [2.75, 3.05) is 0 Å². The predicted octanol–water partition coefficient (Wildman–Crippen LogP) is 4.13. The van der Waals surface area contributed by atoms with Crippen LogP contribution in [-0.2, 0) is 24.8 Å². The second kappa shape index (κ2) is 8.15. The third-order valence-corrected chi connectivity index (χ3v) is 4.30. The van der Waals surface area contributed by atoms with Crippen molar-refractivity contribution < 1.29 is 9.18 Å². The summed E-state index contributed by atoms with van der Waals surface area (Å²) >= 11 is 5.85. The molecule has 134 valence electrons. The van der Waals surface area contributed by atoms with Gasteiger partial charge >= 0.3 is 0 Å². The minimum Gasteiger partial charge on any atom is -0.352 e. The van der Waals surface area contributed by atoms with E-state index < -0.39 is 0 Å². The maximum absolute atomic E-state index is 13.1. The van der Waals surface area contributed by atoms with Crippen LogP contribution < -0.4 is 5.32 Å². The molecule has 0 bridgehead atoms. The van der Waals surface area contributed by atoms with Crippen molar-refractivity contribution in [1.29, 1.82) is 0 Å². The first-order chi connectivity index (χ1) is 12.5. The first-order valence-electron chi connectivity index (χ1n) is 8.31. The van der Waals surface area contributed by atoms with Crippen molar-refractivity contribution in [3.8, 4) is 11.3 Å². The highest BCUT2D eigenvalue weighted by Gasteiger charge is 2.12. The summed E-state index contributed by atoms with van der Waals surface area (Å²) in [7, 11) is 1.83. The highest BCUT2D eigenvalue weighted by molar-refractivity contribution is 6.30. The quantitative estimate of drug-likeness (QED) is 0.708. The Hall–Kier alpha value is -2.66. The maximum atomic E-state index is 13.1. The van der Waals surface area contributed by atoms with Crippen LogP contribution in [0.1, 0.15) is 17.5 Å². The van der Waals surface area contributed by atoms with Gasteiger partial charge in [-0.2, -0.15) is 5.10 Å². The molecule has 0 aliphatic heterocycles. The lowest BCUT2D eigenvalue weighted by atomic mass is 10.0. The van der Waals surface area contributed by atoms with Crippen molar-refractivity contribution in [3.63, 3.8) is 0 Å². The molecule has 1 heterocycles. The summed E-state index contributed by atoms with van der Waals surface area (Å²) in [5.41, 5.74) is 3.57. The standard InChI is InChI=1S/C20H19ClFN3O/c1-25-13-16(20(24-25)15-4-9-18(22)10-5-15)6-11-19(26)23-12-14-2-7-17(21)8-3-14/h2-5,7-10,13H,6,11-12H2,1H3,(H,23,26). The number of rotatable bonds is 6. The molecule has 1 N–H and O–H groups in total. The van der Waals surface area contributed by atoms with E-state index in [9.17, 15) is 9.18 Å². The number of nitrogens with one attached hydrogen (secondary N) is 1. The van der Waals surface area contributed by atoms with Gasteiger partial charge in [0.05, 0.1) is 5.69 Å². The van der Waals surface area contributed by atoms with Gasteiger partial charge in [-0.3, -0.25) is 9.48 Å². The molecular weight excluding hydrogens is 353 g/mol. The summed E-state index contributed by atoms with van der Waals surface area (Å²) < 4.78 is 14.8. The molecule has 1 amide bonds. The second-order valence-electron chi connectivity index (χ2n) is 6.09. The first-order valence-corrected chi connectivity index (χ1v) is 8.68. The molecule has 0 fully saturated rings. The molecule has 0 radical (unpaired) electrons. The zero-order valence-electron chi connectivity index (χ0n) is 14.4. The van der Waals surface area contributed by atoms with Crippen LogP contribution in [-0.4, -0.2) is 15.7 Å². The Morgan fingerprint density at radius 1 is 1.15 bits per heavy atom. The normalized spacial score (nSPS) is 10.7. The number of nitrogens with zero attached hydrogens (tertiary/aromatic N) is 2. The fourth-order valence-corrected chi connectivity index (χ4v) is 2.84. The van der Waals surface area contributed by atoms with Gasteiger partial charge in [0.2, 0.25) is 5.91 Å². The molecule has 0 aliphatic carbocycles. The molecule has 26 heavy (non-hydrogen) atoms. The van der Waals surface area contributed by atoms with Crippen molar-refractivity contribution in [3.05, 3.63) is 76.7 Å². The fourth-order valence-electron chi connectivity index (χ4n) is 2.71. The predicted molar refractivity (Wildman–Crippen MR) is 100 cm³/mol. The van der Waals surface area contributed by atoms with E-state index in [4.69, 9.17) is 11.6 Å². The van der Waals surface area contributed by atoms with Crippen LogP contribution in [0.5, 0.6) is 0 Å². The molecular formula is C20H19ClFN3O. The van der Waals surface area contributed by atoms with Gasteiger partial charge < -0.3 is 5.32 Å². The molecule has 3 rings (SSSR count). The summed E-state index contributed by atoms with van der Waals surface area (Å²) in [5.74, 6) is -0.318. The Morgan fingerprint density at radius 3 is 2.54 bits per heavy atom. The number of benzene rings is 2. The van der Waals surface area contributed by atoms with Crippen LogP contribution in [0.3, 0.4) is 0 Å². The van der Waals surface area contributed by atoms with E-state index in [1.165, 1.54) is 12.1 Å². The average Bonchev–Trinajstić information content (AvgIpc) is 3.01. The van der Waals surface area contributed by atoms with E-state index in [0.29, 0.717) is 24.4 Å². The second-order valence-corrected chi connectivity index (χ2v) is 6.52. The summed E-state index contributed by atoms with van der Waals surface area (Å²) in [6, 6.07) is 13.6. The van der Waals surface area contributed by atoms with Crippen LogP contribution in [0.15, 0.2) is 54.7 Å². The van der Waals surface area contributed by atoms with Crippen molar-refractivity contribution in [2.24, 2.45) is 7.05 Å². The zero-order valence-corrected chi connectivity index (χ0v) is 15.1. The Labute approximate surface area is 156 Å². The van der Waals surface area contributed by atoms with E-state index in [-0.39, 0.29) is 11.7 Å². The molecule has 2 aromatic carbocycles. The summed E-state index contributed by atoms with van der Waals surface area (Å²) in [4.78, 5) is 12.1. The molecule has 0 spiro atoms. The third kappa shape index (κ3) is 4.70. The molecule has 4 nitrogen and oxygen atoms in total. The van der Waals surface area contributed by atoms with E-state index >= 15 is 0 Å². The number of aryl methyl sites for hydroxylation is 2. The lowest BCUT2D eigenvalue weighted by molar-refractivity contribution is -0.121. The Kier molecular flexibility index (Phi) is 5.68. The van der Waals surface area contributed by atoms with Crippen LogP contribution >= 0.6 is 11.6 Å². The van der Waals surface area contributed by atoms with Gasteiger partial charge in [-0.15, -0.1) is 0 Å². The summed E-state index contributed by atoms with van der Waals surface area (Å²) in [6.45, 7) is 0.466. The average molecular weight is 372 g/mol. The minimum absolute atomic E-state index is 0.0335. The third-order valence-electron chi connectivity index (χ3n) is 4.05. The summed E-state index contributed by atoms with van der Waals surface area (Å²) in [5, 5.41) is 8.01. The number of aromatic nitrogens is 2. The largest absolute Gasteiger partial charge is 0.352 e. The maximum Gasteiger partial charge on any atom is 0.220 e. The smallest absolute Gasteiger partial charge is 0.220 e. The number of hydrogen-bond donors (Lipinski definition) is 1. The van der Waals surface area contributed by atoms with Crippen molar-refractivity contribution >= 4 is 17.5 Å². The lowest BCUT2D eigenvalue weighted by Crippen LogP contribution is -2.22. The molecule has 6 heteroatoms. The van der Waals surface area contributed by atoms with E-state index in [1.807, 2.05) is 25.4 Å². The number of halogens is 2. The monoisotopic (exact) mass is 371 g/mol. The minimum atomic E-state index is -0.284. The lowest BCUT2D eigenvalue weighted by Gasteiger charge is -2.06. The molecule has 0 saturated heterocycles. The van der Waals surface area contributed by atoms with Gasteiger partial charge in [-0.05, 0) is 53.9 Å². The van der Waals surface area contributed by atoms with Crippen LogP contribution in [0, 0.1) is 5.82 Å². The Morgan fingerprint density at radius 2 is 1.85 bits per heavy atom. The van der Waals surface area contributed by atoms with Gasteiger partial charge in [0.25, 0.3) is 0 Å². The van der Waals surface area contributed by atoms with Gasteiger partial charge in [-0.1, -0.05) is 23.7 Å². The van der Waals surface area contributed by atoms with Gasteiger partial charge in [0, 0.05) is 36.8 Å². The number of amides is 1. The van der Waals surface area contributed by atoms with E-state index in [2.05, 4.69) is 10.4 Å². The number of carbonyl (C=O) groups is 1. The topological polar surface area (TPSA) is 46.9 Å². The van der Waals surface area contributed by atoms with Crippen molar-refractivity contribution in [2.45, 2.75) is 19.4 Å². The molecule has 3 aromatic rings. The van der Waals surface area contributed by atoms with Gasteiger partial charge in [0.15, 0.2) is 0 Å². The molecule has 0 saturated carbocycles. The van der Waals surface area contributed by atoms with Crippen LogP contribution in [0.25, 0.3) is 11.3 Å². The number of carbonyl (C=O) groups excluding carboxylic acids is 1. The Balaban J connectivity index is 1.60. The van der Waals surface area contributed by atoms with Crippen LogP contribution in [0.4, 0.5) is 4.39 Å². The highest BCUT2D eigenvalue weighted by atomic mass is 35.5. The van der Waals surface area contributed by atoms with Crippen molar-refractivity contribution in [1.82, 2.24) is 15.1 Å². The van der Waals surface area contributed by atoms with Gasteiger partial charge in [0.1, 0.15) is 5.82 Å². The van der Waals surface area contributed by atoms with E-state index in [1.54, 1.807) is 28.9 Å². The summed E-state index contributed by atoms with van der Waals surface area (Å²) in [6.07, 6.45) is 2.81. The number of hydrogen-bond acceptors (Lipinski definition) is 2. The fraction of sp³-hybridized carbons (Fsp3) is 0.200.